The molecule has 0 radical (unpaired) electrons. The van der Waals surface area contributed by atoms with Crippen molar-refractivity contribution in [1.82, 2.24) is 5.32 Å². The lowest BCUT2D eigenvalue weighted by Gasteiger charge is -2.21. The van der Waals surface area contributed by atoms with E-state index in [1.807, 2.05) is 13.0 Å². The number of nitrogens with one attached hydrogen (secondary N) is 1. The fourth-order valence-corrected chi connectivity index (χ4v) is 4.29. The average molecular weight is 367 g/mol. The molecule has 1 aliphatic rings. The lowest BCUT2D eigenvalue weighted by atomic mass is 9.90. The van der Waals surface area contributed by atoms with Crippen LogP contribution in [0.3, 0.4) is 0 Å². The molecule has 1 aromatic carbocycles. The second-order valence-corrected chi connectivity index (χ2v) is 9.09. The summed E-state index contributed by atoms with van der Waals surface area (Å²) in [4.78, 5) is 12.7. The molecule has 0 aromatic heterocycles. The molecule has 2 rings (SSSR count). The van der Waals surface area contributed by atoms with Crippen LogP contribution in [-0.2, 0) is 22.9 Å². The van der Waals surface area contributed by atoms with E-state index < -0.39 is 10.0 Å². The number of sulfonamides is 1. The third-order valence-corrected chi connectivity index (χ3v) is 5.77. The topological polar surface area (TPSA) is 89.3 Å². The van der Waals surface area contributed by atoms with Gasteiger partial charge in [-0.25, -0.2) is 13.6 Å². The monoisotopic (exact) mass is 366 g/mol. The van der Waals surface area contributed by atoms with Crippen LogP contribution >= 0.6 is 0 Å². The van der Waals surface area contributed by atoms with Gasteiger partial charge in [0.1, 0.15) is 0 Å². The molecule has 3 N–H and O–H groups in total. The zero-order chi connectivity index (χ0) is 18.6. The van der Waals surface area contributed by atoms with Crippen LogP contribution in [-0.4, -0.2) is 20.4 Å². The number of hydrogen-bond donors (Lipinski definition) is 2. The molecule has 140 valence electrons. The number of fused-ring (bicyclic) bond motifs is 1. The van der Waals surface area contributed by atoms with Gasteiger partial charge in [-0.2, -0.15) is 0 Å². The molecule has 1 atom stereocenters. The maximum Gasteiger partial charge on any atom is 0.251 e. The Morgan fingerprint density at radius 3 is 2.48 bits per heavy atom. The van der Waals surface area contributed by atoms with E-state index >= 15 is 0 Å². The van der Waals surface area contributed by atoms with Gasteiger partial charge >= 0.3 is 0 Å². The maximum atomic E-state index is 12.6. The summed E-state index contributed by atoms with van der Waals surface area (Å²) < 4.78 is 23.9. The van der Waals surface area contributed by atoms with Crippen LogP contribution in [0, 0.1) is 5.92 Å². The predicted molar refractivity (Wildman–Crippen MR) is 100 cm³/mol. The number of carbonyl (C=O) groups is 1. The van der Waals surface area contributed by atoms with E-state index in [9.17, 15) is 13.2 Å². The highest BCUT2D eigenvalue weighted by molar-refractivity contribution is 7.89. The zero-order valence-corrected chi connectivity index (χ0v) is 16.3. The summed E-state index contributed by atoms with van der Waals surface area (Å²) in [5.74, 6) is 0.427. The number of benzene rings is 1. The van der Waals surface area contributed by atoms with Crippen molar-refractivity contribution in [3.8, 4) is 0 Å². The lowest BCUT2D eigenvalue weighted by Crippen LogP contribution is -2.33. The van der Waals surface area contributed by atoms with Crippen LogP contribution in [0.15, 0.2) is 17.0 Å². The molecule has 6 heteroatoms. The van der Waals surface area contributed by atoms with E-state index in [0.29, 0.717) is 17.9 Å². The molecule has 1 aromatic rings. The van der Waals surface area contributed by atoms with Crippen molar-refractivity contribution in [3.05, 3.63) is 28.8 Å². The van der Waals surface area contributed by atoms with Gasteiger partial charge in [0.05, 0.1) is 4.90 Å². The van der Waals surface area contributed by atoms with Crippen molar-refractivity contribution < 1.29 is 13.2 Å². The molecule has 0 bridgehead atoms. The molecule has 0 fully saturated rings. The summed E-state index contributed by atoms with van der Waals surface area (Å²) in [6.45, 7) is 6.35. The second-order valence-electron chi connectivity index (χ2n) is 7.56. The van der Waals surface area contributed by atoms with Gasteiger partial charge in [-0.05, 0) is 68.2 Å². The number of primary sulfonamides is 1. The molecule has 0 heterocycles. The minimum Gasteiger partial charge on any atom is -0.350 e. The number of amides is 1. The van der Waals surface area contributed by atoms with Crippen molar-refractivity contribution in [2.75, 3.05) is 0 Å². The van der Waals surface area contributed by atoms with E-state index in [1.54, 1.807) is 0 Å². The number of carbonyl (C=O) groups excluding carboxylic acids is 1. The predicted octanol–water partition coefficient (Wildman–Crippen LogP) is 3.16. The highest BCUT2D eigenvalue weighted by Gasteiger charge is 2.23. The van der Waals surface area contributed by atoms with E-state index in [4.69, 9.17) is 5.14 Å². The van der Waals surface area contributed by atoms with Crippen molar-refractivity contribution in [3.63, 3.8) is 0 Å². The standard InChI is InChI=1S/C19H30N2O3S/c1-13(2)7-6-8-14(3)21-19(22)16-11-15-9-4-5-10-17(15)18(12-16)25(20,23)24/h11-14H,4-10H2,1-3H3,(H,21,22)(H2,20,23,24)/t14-/m0/s1. The Kier molecular flexibility index (Phi) is 6.63. The Labute approximate surface area is 151 Å². The quantitative estimate of drug-likeness (QED) is 0.777. The summed E-state index contributed by atoms with van der Waals surface area (Å²) in [5, 5.41) is 8.37. The normalized spacial score (nSPS) is 15.7. The third-order valence-electron chi connectivity index (χ3n) is 4.79. The molecule has 0 unspecified atom stereocenters. The van der Waals surface area contributed by atoms with Gasteiger partial charge < -0.3 is 5.32 Å². The van der Waals surface area contributed by atoms with Gasteiger partial charge in [0.15, 0.2) is 0 Å². The highest BCUT2D eigenvalue weighted by Crippen LogP contribution is 2.28. The largest absolute Gasteiger partial charge is 0.350 e. The molecule has 25 heavy (non-hydrogen) atoms. The third kappa shape index (κ3) is 5.54. The number of aryl methyl sites for hydroxylation is 1. The van der Waals surface area contributed by atoms with Gasteiger partial charge in [0.2, 0.25) is 10.0 Å². The van der Waals surface area contributed by atoms with Crippen molar-refractivity contribution in [1.29, 1.82) is 0 Å². The first-order valence-corrected chi connectivity index (χ1v) is 10.7. The first-order chi connectivity index (χ1) is 11.7. The van der Waals surface area contributed by atoms with Crippen molar-refractivity contribution in [2.45, 2.75) is 76.7 Å². The van der Waals surface area contributed by atoms with Gasteiger partial charge in [-0.1, -0.05) is 26.7 Å². The minimum absolute atomic E-state index is 0.0558. The molecule has 0 saturated heterocycles. The van der Waals surface area contributed by atoms with E-state index in [-0.39, 0.29) is 16.8 Å². The van der Waals surface area contributed by atoms with Crippen LogP contribution < -0.4 is 10.5 Å². The van der Waals surface area contributed by atoms with Crippen molar-refractivity contribution in [2.24, 2.45) is 11.1 Å². The Balaban J connectivity index is 2.17. The van der Waals surface area contributed by atoms with Gasteiger partial charge in [0.25, 0.3) is 5.91 Å². The molecule has 0 saturated carbocycles. The van der Waals surface area contributed by atoms with E-state index in [1.165, 1.54) is 6.07 Å². The molecule has 1 amide bonds. The van der Waals surface area contributed by atoms with Crippen molar-refractivity contribution >= 4 is 15.9 Å². The highest BCUT2D eigenvalue weighted by atomic mass is 32.2. The molecule has 1 aliphatic carbocycles. The van der Waals surface area contributed by atoms with Crippen LogP contribution in [0.5, 0.6) is 0 Å². The Morgan fingerprint density at radius 2 is 1.84 bits per heavy atom. The lowest BCUT2D eigenvalue weighted by molar-refractivity contribution is 0.0937. The summed E-state index contributed by atoms with van der Waals surface area (Å²) >= 11 is 0. The summed E-state index contributed by atoms with van der Waals surface area (Å²) in [6, 6.07) is 3.33. The van der Waals surface area contributed by atoms with E-state index in [2.05, 4.69) is 19.2 Å². The maximum absolute atomic E-state index is 12.6. The number of nitrogens with two attached hydrogens (primary N) is 1. The smallest absolute Gasteiger partial charge is 0.251 e. The SMILES string of the molecule is CC(C)CCC[C@H](C)NC(=O)c1cc2c(c(S(N)(=O)=O)c1)CCCC2. The fourth-order valence-electron chi connectivity index (χ4n) is 3.42. The fraction of sp³-hybridized carbons (Fsp3) is 0.632. The number of rotatable bonds is 7. The number of hydrogen-bond acceptors (Lipinski definition) is 3. The summed E-state index contributed by atoms with van der Waals surface area (Å²) in [7, 11) is -3.83. The molecule has 0 spiro atoms. The molecule has 5 nitrogen and oxygen atoms in total. The molecular formula is C19H30N2O3S. The van der Waals surface area contributed by atoms with Gasteiger partial charge in [0, 0.05) is 11.6 Å². The zero-order valence-electron chi connectivity index (χ0n) is 15.5. The Morgan fingerprint density at radius 1 is 1.16 bits per heavy atom. The van der Waals surface area contributed by atoms with E-state index in [0.717, 1.165) is 49.7 Å². The Hall–Kier alpha value is -1.40. The van der Waals surface area contributed by atoms with Crippen LogP contribution in [0.1, 0.15) is 74.4 Å². The molecule has 0 aliphatic heterocycles. The van der Waals surface area contributed by atoms with Gasteiger partial charge in [-0.15, -0.1) is 0 Å². The van der Waals surface area contributed by atoms with Gasteiger partial charge in [-0.3, -0.25) is 4.79 Å². The van der Waals surface area contributed by atoms with Crippen LogP contribution in [0.2, 0.25) is 0 Å². The molecular weight excluding hydrogens is 336 g/mol. The summed E-state index contributed by atoms with van der Waals surface area (Å²) in [6.07, 6.45) is 6.57. The second kappa shape index (κ2) is 8.32. The first kappa shape index (κ1) is 19.9. The minimum atomic E-state index is -3.83. The van der Waals surface area contributed by atoms with Crippen LogP contribution in [0.25, 0.3) is 0 Å². The first-order valence-electron chi connectivity index (χ1n) is 9.18. The average Bonchev–Trinajstić information content (AvgIpc) is 2.52. The Bertz CT molecular complexity index is 726. The van der Waals surface area contributed by atoms with Crippen LogP contribution in [0.4, 0.5) is 0 Å². The summed E-state index contributed by atoms with van der Waals surface area (Å²) in [5.41, 5.74) is 2.12.